The Hall–Kier alpha value is 0.582. The summed E-state index contributed by atoms with van der Waals surface area (Å²) in [6, 6.07) is 0. The Morgan fingerprint density at radius 1 is 1.14 bits per heavy atom. The molecule has 0 fully saturated rings. The van der Waals surface area contributed by atoms with Crippen molar-refractivity contribution in [1.82, 2.24) is 4.90 Å². The van der Waals surface area contributed by atoms with Gasteiger partial charge in [0, 0.05) is 0 Å². The van der Waals surface area contributed by atoms with Crippen molar-refractivity contribution in [2.24, 2.45) is 0 Å². The standard InChI is InChI=1S/C3H9N.Al.ClH.O/c1-4(2)3;;;/h1-3H3;;1H;. The van der Waals surface area contributed by atoms with Gasteiger partial charge in [-0.2, -0.15) is 0 Å². The summed E-state index contributed by atoms with van der Waals surface area (Å²) >= 11 is 1.17. The van der Waals surface area contributed by atoms with E-state index in [9.17, 15) is 0 Å². The SMILES string of the molecule is CN(C)C.Cl.[O]=[Al]. The third kappa shape index (κ3) is 407. The fourth-order valence-electron chi connectivity index (χ4n) is 0. The van der Waals surface area contributed by atoms with Gasteiger partial charge in [-0.05, 0) is 21.1 Å². The average Bonchev–Trinajstić information content (AvgIpc) is 1.41. The summed E-state index contributed by atoms with van der Waals surface area (Å²) in [5.41, 5.74) is 0. The zero-order valence-electron chi connectivity index (χ0n) is 4.84. The molecular weight excluding hydrogens is 128 g/mol. The van der Waals surface area contributed by atoms with Crippen molar-refractivity contribution in [2.45, 2.75) is 0 Å². The van der Waals surface area contributed by atoms with Gasteiger partial charge < -0.3 is 4.90 Å². The van der Waals surface area contributed by atoms with Crippen molar-refractivity contribution >= 4 is 28.6 Å². The second kappa shape index (κ2) is 16.0. The van der Waals surface area contributed by atoms with Crippen molar-refractivity contribution in [3.05, 3.63) is 0 Å². The van der Waals surface area contributed by atoms with Gasteiger partial charge in [-0.1, -0.05) is 0 Å². The van der Waals surface area contributed by atoms with Crippen LogP contribution in [0.1, 0.15) is 0 Å². The summed E-state index contributed by atoms with van der Waals surface area (Å²) in [4.78, 5) is 2.00. The van der Waals surface area contributed by atoms with Crippen LogP contribution in [-0.4, -0.2) is 42.3 Å². The van der Waals surface area contributed by atoms with E-state index in [1.54, 1.807) is 0 Å². The molecule has 0 rings (SSSR count). The molecule has 0 amide bonds. The molecule has 0 spiro atoms. The van der Waals surface area contributed by atoms with Crippen LogP contribution in [0, 0.1) is 0 Å². The number of hydrogen-bond acceptors (Lipinski definition) is 2. The average molecular weight is 139 g/mol. The van der Waals surface area contributed by atoms with Gasteiger partial charge >= 0.3 is 20.0 Å². The molecule has 0 atom stereocenters. The second-order valence-corrected chi connectivity index (χ2v) is 1.34. The molecule has 0 aromatic heterocycles. The van der Waals surface area contributed by atoms with E-state index in [0.717, 1.165) is 0 Å². The van der Waals surface area contributed by atoms with Gasteiger partial charge in [-0.25, -0.2) is 0 Å². The maximum atomic E-state index is 8.17. The number of nitrogens with zero attached hydrogens (tertiary/aromatic N) is 1. The first-order valence-corrected chi connectivity index (χ1v) is 2.05. The summed E-state index contributed by atoms with van der Waals surface area (Å²) in [6.45, 7) is 0. The Morgan fingerprint density at radius 3 is 1.14 bits per heavy atom. The Bertz CT molecular complexity index is 26.1. The molecule has 0 heterocycles. The molecule has 0 aliphatic heterocycles. The molecule has 1 radical (unpaired) electrons. The van der Waals surface area contributed by atoms with Crippen LogP contribution in [0.3, 0.4) is 0 Å². The van der Waals surface area contributed by atoms with Crippen molar-refractivity contribution < 1.29 is 3.80 Å². The predicted octanol–water partition coefficient (Wildman–Crippen LogP) is 0.1000. The summed E-state index contributed by atoms with van der Waals surface area (Å²) in [5.74, 6) is 0. The molecule has 4 heteroatoms. The second-order valence-electron chi connectivity index (χ2n) is 1.34. The first-order chi connectivity index (χ1) is 2.73. The fraction of sp³-hybridized carbons (Fsp3) is 1.00. The summed E-state index contributed by atoms with van der Waals surface area (Å²) in [7, 11) is 6.00. The van der Waals surface area contributed by atoms with Crippen LogP contribution in [0.4, 0.5) is 0 Å². The van der Waals surface area contributed by atoms with E-state index >= 15 is 0 Å². The minimum absolute atomic E-state index is 0. The first kappa shape index (κ1) is 15.6. The summed E-state index contributed by atoms with van der Waals surface area (Å²) in [5, 5.41) is 0. The summed E-state index contributed by atoms with van der Waals surface area (Å²) < 4.78 is 8.17. The van der Waals surface area contributed by atoms with Gasteiger partial charge in [0.2, 0.25) is 0 Å². The predicted molar refractivity (Wildman–Crippen MR) is 33.3 cm³/mol. The molecule has 0 bridgehead atoms. The molecular formula is C3H10AlClNO. The topological polar surface area (TPSA) is 20.3 Å². The Labute approximate surface area is 58.9 Å². The van der Waals surface area contributed by atoms with Crippen LogP contribution < -0.4 is 0 Å². The monoisotopic (exact) mass is 138 g/mol. The van der Waals surface area contributed by atoms with Crippen LogP contribution in [0.5, 0.6) is 0 Å². The Kier molecular flexibility index (Phi) is 35.7. The van der Waals surface area contributed by atoms with Crippen LogP contribution in [-0.2, 0) is 3.80 Å². The van der Waals surface area contributed by atoms with Crippen LogP contribution in [0.15, 0.2) is 0 Å². The van der Waals surface area contributed by atoms with Crippen molar-refractivity contribution in [2.75, 3.05) is 21.1 Å². The van der Waals surface area contributed by atoms with Crippen molar-refractivity contribution in [3.8, 4) is 0 Å². The van der Waals surface area contributed by atoms with Crippen molar-refractivity contribution in [1.29, 1.82) is 0 Å². The third-order valence-corrected chi connectivity index (χ3v) is 0. The van der Waals surface area contributed by atoms with E-state index in [1.165, 1.54) is 16.2 Å². The zero-order valence-corrected chi connectivity index (χ0v) is 6.81. The number of halogens is 1. The van der Waals surface area contributed by atoms with Crippen LogP contribution >= 0.6 is 12.4 Å². The molecule has 0 aromatic rings. The van der Waals surface area contributed by atoms with Gasteiger partial charge in [0.1, 0.15) is 0 Å². The molecule has 0 saturated heterocycles. The van der Waals surface area contributed by atoms with Crippen LogP contribution in [0.25, 0.3) is 0 Å². The van der Waals surface area contributed by atoms with E-state index in [-0.39, 0.29) is 12.4 Å². The molecule has 7 heavy (non-hydrogen) atoms. The van der Waals surface area contributed by atoms with Gasteiger partial charge in [-0.15, -0.1) is 12.4 Å². The molecule has 0 aliphatic carbocycles. The number of rotatable bonds is 0. The Morgan fingerprint density at radius 2 is 1.14 bits per heavy atom. The summed E-state index contributed by atoms with van der Waals surface area (Å²) in [6.07, 6.45) is 0. The molecule has 0 unspecified atom stereocenters. The van der Waals surface area contributed by atoms with E-state index in [0.29, 0.717) is 0 Å². The third-order valence-electron chi connectivity index (χ3n) is 0. The normalized spacial score (nSPS) is 5.57. The van der Waals surface area contributed by atoms with Gasteiger partial charge in [0.25, 0.3) is 0 Å². The molecule has 0 N–H and O–H groups in total. The van der Waals surface area contributed by atoms with E-state index < -0.39 is 0 Å². The van der Waals surface area contributed by atoms with E-state index in [2.05, 4.69) is 0 Å². The fourth-order valence-corrected chi connectivity index (χ4v) is 0. The van der Waals surface area contributed by atoms with Crippen LogP contribution in [0.2, 0.25) is 0 Å². The van der Waals surface area contributed by atoms with E-state index in [1.807, 2.05) is 26.0 Å². The van der Waals surface area contributed by atoms with Gasteiger partial charge in [0.05, 0.1) is 0 Å². The van der Waals surface area contributed by atoms with E-state index in [4.69, 9.17) is 3.80 Å². The molecule has 0 saturated carbocycles. The first-order valence-electron chi connectivity index (χ1n) is 1.58. The maximum absolute atomic E-state index is 8.17. The van der Waals surface area contributed by atoms with Crippen molar-refractivity contribution in [3.63, 3.8) is 0 Å². The molecule has 43 valence electrons. The quantitative estimate of drug-likeness (QED) is 0.443. The minimum atomic E-state index is 0. The van der Waals surface area contributed by atoms with Gasteiger partial charge in [-0.3, -0.25) is 0 Å². The zero-order chi connectivity index (χ0) is 5.58. The number of hydrogen-bond donors (Lipinski definition) is 0. The molecule has 0 aliphatic rings. The Balaban J connectivity index is -0.0000000480. The molecule has 2 nitrogen and oxygen atoms in total. The molecule has 0 aromatic carbocycles. The van der Waals surface area contributed by atoms with Gasteiger partial charge in [0.15, 0.2) is 0 Å².